The van der Waals surface area contributed by atoms with E-state index < -0.39 is 5.97 Å². The summed E-state index contributed by atoms with van der Waals surface area (Å²) in [6.45, 7) is 6.68. The number of carbonyl (C=O) groups is 2. The molecule has 2 unspecified atom stereocenters. The second-order valence-electron chi connectivity index (χ2n) is 7.70. The second kappa shape index (κ2) is 10.0. The second-order valence-corrected chi connectivity index (χ2v) is 7.70. The van der Waals surface area contributed by atoms with Crippen molar-refractivity contribution in [2.24, 2.45) is 5.92 Å². The smallest absolute Gasteiger partial charge is 0.307 e. The lowest BCUT2D eigenvalue weighted by molar-refractivity contribution is -0.173. The number of unbranched alkanes of at least 4 members (excludes halogenated alkanes) is 5. The highest BCUT2D eigenvalue weighted by Crippen LogP contribution is 2.35. The molecule has 1 rings (SSSR count). The molecule has 0 aliphatic carbocycles. The number of carboxylic acids is 1. The fourth-order valence-corrected chi connectivity index (χ4v) is 3.26. The third-order valence-electron chi connectivity index (χ3n) is 5.68. The first-order valence-corrected chi connectivity index (χ1v) is 9.39. The van der Waals surface area contributed by atoms with Gasteiger partial charge in [0.1, 0.15) is 0 Å². The molecule has 1 heterocycles. The van der Waals surface area contributed by atoms with E-state index in [2.05, 4.69) is 25.7 Å². The number of piperidine rings is 1. The number of esters is 1. The summed E-state index contributed by atoms with van der Waals surface area (Å²) in [6.07, 6.45) is 8.31. The maximum atomic E-state index is 12.0. The Morgan fingerprint density at radius 1 is 1.04 bits per heavy atom. The predicted molar refractivity (Wildman–Crippen MR) is 94.7 cm³/mol. The number of likely N-dealkylation sites (tertiary alicyclic amines) is 1. The van der Waals surface area contributed by atoms with Gasteiger partial charge in [-0.2, -0.15) is 0 Å². The Bertz CT molecular complexity index is 408. The van der Waals surface area contributed by atoms with Crippen LogP contribution in [0.2, 0.25) is 0 Å². The highest BCUT2D eigenvalue weighted by molar-refractivity contribution is 5.69. The maximum Gasteiger partial charge on any atom is 0.307 e. The zero-order chi connectivity index (χ0) is 18.2. The molecule has 1 N–H and O–H groups in total. The first-order valence-electron chi connectivity index (χ1n) is 9.39. The Kier molecular flexibility index (Phi) is 8.74. The van der Waals surface area contributed by atoms with Crippen LogP contribution < -0.4 is 0 Å². The van der Waals surface area contributed by atoms with E-state index >= 15 is 0 Å². The SMILES string of the molecule is CC1CCC(OC(=O)CCCCCCCCC(=O)O)N(C)C1(C)C. The third kappa shape index (κ3) is 6.80. The van der Waals surface area contributed by atoms with Gasteiger partial charge in [0.2, 0.25) is 0 Å². The van der Waals surface area contributed by atoms with Crippen LogP contribution in [0.3, 0.4) is 0 Å². The van der Waals surface area contributed by atoms with Crippen molar-refractivity contribution in [1.29, 1.82) is 0 Å². The van der Waals surface area contributed by atoms with Crippen molar-refractivity contribution in [1.82, 2.24) is 4.90 Å². The molecular weight excluding hydrogens is 306 g/mol. The molecular formula is C19H35NO4. The summed E-state index contributed by atoms with van der Waals surface area (Å²) in [5, 5.41) is 8.56. The van der Waals surface area contributed by atoms with Crippen LogP contribution in [0.1, 0.15) is 85.0 Å². The zero-order valence-electron chi connectivity index (χ0n) is 15.8. The maximum absolute atomic E-state index is 12.0. The molecule has 0 aromatic rings. The molecule has 0 saturated carbocycles. The minimum absolute atomic E-state index is 0.0547. The van der Waals surface area contributed by atoms with Gasteiger partial charge in [-0.05, 0) is 52.5 Å². The Balaban J connectivity index is 2.13. The van der Waals surface area contributed by atoms with Gasteiger partial charge in [0, 0.05) is 18.4 Å². The predicted octanol–water partition coefficient (Wildman–Crippen LogP) is 4.20. The molecule has 140 valence electrons. The van der Waals surface area contributed by atoms with Crippen LogP contribution in [-0.4, -0.2) is 40.8 Å². The van der Waals surface area contributed by atoms with Gasteiger partial charge < -0.3 is 9.84 Å². The Labute approximate surface area is 146 Å². The monoisotopic (exact) mass is 341 g/mol. The molecule has 1 fully saturated rings. The van der Waals surface area contributed by atoms with Gasteiger partial charge in [-0.15, -0.1) is 0 Å². The first-order chi connectivity index (χ1) is 11.2. The summed E-state index contributed by atoms with van der Waals surface area (Å²) < 4.78 is 5.68. The zero-order valence-corrected chi connectivity index (χ0v) is 15.8. The van der Waals surface area contributed by atoms with Gasteiger partial charge in [-0.25, -0.2) is 0 Å². The number of aliphatic carboxylic acids is 1. The van der Waals surface area contributed by atoms with E-state index in [1.165, 1.54) is 0 Å². The van der Waals surface area contributed by atoms with Crippen LogP contribution in [0, 0.1) is 5.92 Å². The standard InChI is InChI=1S/C19H35NO4/c1-15-13-14-16(20(4)19(15,2)3)24-18(23)12-10-8-6-5-7-9-11-17(21)22/h15-16H,5-14H2,1-4H3,(H,21,22). The lowest BCUT2D eigenvalue weighted by atomic mass is 9.80. The lowest BCUT2D eigenvalue weighted by Crippen LogP contribution is -2.56. The average Bonchev–Trinajstić information content (AvgIpc) is 2.51. The van der Waals surface area contributed by atoms with Crippen molar-refractivity contribution < 1.29 is 19.4 Å². The molecule has 0 aromatic heterocycles. The minimum Gasteiger partial charge on any atom is -0.481 e. The fraction of sp³-hybridized carbons (Fsp3) is 0.895. The molecule has 0 bridgehead atoms. The summed E-state index contributed by atoms with van der Waals surface area (Å²) in [5.74, 6) is -0.218. The summed E-state index contributed by atoms with van der Waals surface area (Å²) in [4.78, 5) is 24.6. The van der Waals surface area contributed by atoms with E-state index in [0.29, 0.717) is 12.3 Å². The minimum atomic E-state index is -0.719. The highest BCUT2D eigenvalue weighted by Gasteiger charge is 2.40. The van der Waals surface area contributed by atoms with Crippen LogP contribution in [0.5, 0.6) is 0 Å². The molecule has 0 amide bonds. The van der Waals surface area contributed by atoms with Crippen LogP contribution >= 0.6 is 0 Å². The normalized spacial score (nSPS) is 23.8. The number of ether oxygens (including phenoxy) is 1. The number of hydrogen-bond acceptors (Lipinski definition) is 4. The summed E-state index contributed by atoms with van der Waals surface area (Å²) in [5.41, 5.74) is 0.0547. The van der Waals surface area contributed by atoms with E-state index in [-0.39, 0.29) is 24.2 Å². The molecule has 0 spiro atoms. The Morgan fingerprint density at radius 3 is 2.17 bits per heavy atom. The number of nitrogens with zero attached hydrogens (tertiary/aromatic N) is 1. The first kappa shape index (κ1) is 20.9. The van der Waals surface area contributed by atoms with Crippen molar-refractivity contribution >= 4 is 11.9 Å². The third-order valence-corrected chi connectivity index (χ3v) is 5.68. The van der Waals surface area contributed by atoms with Gasteiger partial charge in [-0.1, -0.05) is 32.6 Å². The van der Waals surface area contributed by atoms with Crippen molar-refractivity contribution in [3.05, 3.63) is 0 Å². The number of rotatable bonds is 10. The van der Waals surface area contributed by atoms with Crippen LogP contribution in [-0.2, 0) is 14.3 Å². The van der Waals surface area contributed by atoms with Crippen LogP contribution in [0.15, 0.2) is 0 Å². The van der Waals surface area contributed by atoms with E-state index in [1.54, 1.807) is 0 Å². The van der Waals surface area contributed by atoms with E-state index in [9.17, 15) is 9.59 Å². The molecule has 0 aromatic carbocycles. The van der Waals surface area contributed by atoms with Crippen LogP contribution in [0.25, 0.3) is 0 Å². The van der Waals surface area contributed by atoms with E-state index in [1.807, 2.05) is 7.05 Å². The molecule has 5 heteroatoms. The van der Waals surface area contributed by atoms with Gasteiger partial charge in [0.05, 0.1) is 0 Å². The van der Waals surface area contributed by atoms with Crippen molar-refractivity contribution in [2.75, 3.05) is 7.05 Å². The summed E-state index contributed by atoms with van der Waals surface area (Å²) >= 11 is 0. The average molecular weight is 341 g/mol. The Hall–Kier alpha value is -1.10. The van der Waals surface area contributed by atoms with Crippen molar-refractivity contribution in [3.63, 3.8) is 0 Å². The van der Waals surface area contributed by atoms with Crippen molar-refractivity contribution in [2.45, 2.75) is 96.7 Å². The Morgan fingerprint density at radius 2 is 1.58 bits per heavy atom. The molecule has 1 aliphatic heterocycles. The van der Waals surface area contributed by atoms with Crippen LogP contribution in [0.4, 0.5) is 0 Å². The van der Waals surface area contributed by atoms with E-state index in [4.69, 9.17) is 9.84 Å². The number of carbonyl (C=O) groups excluding carboxylic acids is 1. The molecule has 2 atom stereocenters. The topological polar surface area (TPSA) is 66.8 Å². The molecule has 1 aliphatic rings. The van der Waals surface area contributed by atoms with Gasteiger partial charge >= 0.3 is 11.9 Å². The molecule has 5 nitrogen and oxygen atoms in total. The molecule has 1 saturated heterocycles. The summed E-state index contributed by atoms with van der Waals surface area (Å²) in [7, 11) is 2.05. The lowest BCUT2D eigenvalue weighted by Gasteiger charge is -2.48. The molecule has 0 radical (unpaired) electrons. The molecule has 24 heavy (non-hydrogen) atoms. The van der Waals surface area contributed by atoms with E-state index in [0.717, 1.165) is 51.4 Å². The van der Waals surface area contributed by atoms with Crippen molar-refractivity contribution in [3.8, 4) is 0 Å². The number of carboxylic acid groups (broad SMARTS) is 1. The van der Waals surface area contributed by atoms with Gasteiger partial charge in [0.25, 0.3) is 0 Å². The largest absolute Gasteiger partial charge is 0.481 e. The number of hydrogen-bond donors (Lipinski definition) is 1. The highest BCUT2D eigenvalue weighted by atomic mass is 16.6. The quantitative estimate of drug-likeness (QED) is 0.476. The summed E-state index contributed by atoms with van der Waals surface area (Å²) in [6, 6.07) is 0. The van der Waals surface area contributed by atoms with Gasteiger partial charge in [-0.3, -0.25) is 14.5 Å². The fourth-order valence-electron chi connectivity index (χ4n) is 3.26. The van der Waals surface area contributed by atoms with Gasteiger partial charge in [0.15, 0.2) is 6.23 Å².